The summed E-state index contributed by atoms with van der Waals surface area (Å²) in [6, 6.07) is 24.1. The molecule has 16 unspecified atom stereocenters. The zero-order chi connectivity index (χ0) is 90.7. The maximum atomic E-state index is 15.5. The van der Waals surface area contributed by atoms with Crippen molar-refractivity contribution in [2.45, 2.75) is 180 Å². The van der Waals surface area contributed by atoms with Crippen LogP contribution in [0.3, 0.4) is 0 Å². The maximum absolute atomic E-state index is 15.5. The first-order chi connectivity index (χ1) is 62.1. The van der Waals surface area contributed by atoms with Gasteiger partial charge in [-0.05, 0) is 190 Å². The fourth-order valence-electron chi connectivity index (χ4n) is 24.2. The zero-order valence-corrected chi connectivity index (χ0v) is 72.7. The van der Waals surface area contributed by atoms with Crippen molar-refractivity contribution in [3.63, 3.8) is 0 Å². The number of ether oxygens (including phenoxy) is 3. The molecule has 16 atom stereocenters. The molecule has 5 aromatic rings. The topological polar surface area (TPSA) is 390 Å². The lowest BCUT2D eigenvalue weighted by Gasteiger charge is -2.35. The van der Waals surface area contributed by atoms with Crippen LogP contribution in [0, 0.1) is 101 Å². The molecule has 8 heterocycles. The third-order valence-electron chi connectivity index (χ3n) is 30.5. The van der Waals surface area contributed by atoms with Gasteiger partial charge in [-0.3, -0.25) is 106 Å². The van der Waals surface area contributed by atoms with E-state index in [0.717, 1.165) is 115 Å². The van der Waals surface area contributed by atoms with E-state index in [1.165, 1.54) is 125 Å². The Morgan fingerprint density at radius 2 is 0.690 bits per heavy atom. The van der Waals surface area contributed by atoms with E-state index in [1.807, 2.05) is 12.1 Å². The highest BCUT2D eigenvalue weighted by molar-refractivity contribution is 6.29. The number of piperidine rings is 8. The summed E-state index contributed by atoms with van der Waals surface area (Å²) >= 11 is 0. The predicted octanol–water partition coefficient (Wildman–Crippen LogP) is 11.5. The van der Waals surface area contributed by atoms with E-state index in [9.17, 15) is 57.5 Å². The van der Waals surface area contributed by atoms with Gasteiger partial charge in [0.2, 0.25) is 94.5 Å². The number of nitrogens with one attached hydrogen (secondary N) is 1. The molecule has 13 aliphatic rings. The molecular weight excluding hydrogens is 1660 g/mol. The summed E-state index contributed by atoms with van der Waals surface area (Å²) in [6.45, 7) is 4.30. The van der Waals surface area contributed by atoms with Crippen LogP contribution < -0.4 is 44.4 Å². The van der Waals surface area contributed by atoms with Gasteiger partial charge in [-0.25, -0.2) is 24.2 Å². The molecule has 8 bridgehead atoms. The van der Waals surface area contributed by atoms with Crippen molar-refractivity contribution in [3.8, 4) is 5.75 Å². The number of carbonyl (C=O) groups is 19. The van der Waals surface area contributed by atoms with Gasteiger partial charge in [0.1, 0.15) is 5.75 Å². The highest BCUT2D eigenvalue weighted by atomic mass is 16.5. The summed E-state index contributed by atoms with van der Waals surface area (Å²) in [5.41, 5.74) is -0.131. The zero-order valence-electron chi connectivity index (χ0n) is 72.7. The summed E-state index contributed by atoms with van der Waals surface area (Å²) in [7, 11) is 4.08. The van der Waals surface area contributed by atoms with Gasteiger partial charge in [0.25, 0.3) is 0 Å². The van der Waals surface area contributed by atoms with Gasteiger partial charge in [0, 0.05) is 69.1 Å². The number of fused-ring (bicyclic) bond motifs is 20. The third-order valence-corrected chi connectivity index (χ3v) is 30.5. The Hall–Kier alpha value is -12.6. The number of unbranched alkanes of at least 4 members (excludes halogenated alkanes) is 10. The molecule has 31 heteroatoms. The molecule has 129 heavy (non-hydrogen) atoms. The highest BCUT2D eigenvalue weighted by Gasteiger charge is 2.67. The number of anilines is 8. The number of hydrogen-bond donors (Lipinski definition) is 1. The number of nitrogens with zero attached hydrogens (tertiary/aromatic N) is 8. The van der Waals surface area contributed by atoms with Gasteiger partial charge in [0.05, 0.1) is 118 Å². The molecular formula is C98H103N9O22. The Morgan fingerprint density at radius 3 is 1.12 bits per heavy atom. The second kappa shape index (κ2) is 34.8. The van der Waals surface area contributed by atoms with Gasteiger partial charge >= 0.3 is 17.9 Å². The molecule has 5 aromatic carbocycles. The fraction of sp³-hybridized carbons (Fsp3) is 0.500. The van der Waals surface area contributed by atoms with Crippen LogP contribution in [0.1, 0.15) is 217 Å². The van der Waals surface area contributed by atoms with Crippen LogP contribution in [0.25, 0.3) is 0 Å². The molecule has 0 spiro atoms. The van der Waals surface area contributed by atoms with Crippen LogP contribution in [-0.4, -0.2) is 145 Å². The lowest BCUT2D eigenvalue weighted by Crippen LogP contribution is -2.51. The molecule has 13 fully saturated rings. The summed E-state index contributed by atoms with van der Waals surface area (Å²) in [5, 5.41) is 2.91. The van der Waals surface area contributed by atoms with Crippen LogP contribution in [0.15, 0.2) is 103 Å². The number of rotatable bonds is 27. The predicted molar refractivity (Wildman–Crippen MR) is 462 cm³/mol. The first-order valence-electron chi connectivity index (χ1n) is 45.8. The number of hydrogen-bond acceptors (Lipinski definition) is 23. The molecule has 672 valence electrons. The molecule has 8 aliphatic heterocycles. The molecule has 5 aliphatic carbocycles. The van der Waals surface area contributed by atoms with E-state index in [0.29, 0.717) is 23.9 Å². The van der Waals surface area contributed by atoms with Crippen LogP contribution >= 0.6 is 0 Å². The molecule has 0 aromatic heterocycles. The monoisotopic (exact) mass is 1760 g/mol. The van der Waals surface area contributed by atoms with Crippen molar-refractivity contribution in [1.29, 1.82) is 0 Å². The summed E-state index contributed by atoms with van der Waals surface area (Å²) < 4.78 is 16.7. The Labute approximate surface area is 743 Å². The molecule has 16 amide bonds. The van der Waals surface area contributed by atoms with Crippen molar-refractivity contribution >= 4 is 158 Å². The van der Waals surface area contributed by atoms with Gasteiger partial charge in [-0.15, -0.1) is 0 Å². The summed E-state index contributed by atoms with van der Waals surface area (Å²) in [4.78, 5) is 286. The molecule has 31 nitrogen and oxygen atoms in total. The van der Waals surface area contributed by atoms with Crippen molar-refractivity contribution in [1.82, 2.24) is 4.90 Å². The minimum absolute atomic E-state index is 0.0204. The summed E-state index contributed by atoms with van der Waals surface area (Å²) in [5.74, 6) is -31.3. The van der Waals surface area contributed by atoms with Gasteiger partial charge < -0.3 is 19.5 Å². The Bertz CT molecular complexity index is 5640. The lowest BCUT2D eigenvalue weighted by atomic mass is 9.77. The number of methoxy groups -OCH3 is 1. The summed E-state index contributed by atoms with van der Waals surface area (Å²) in [6.07, 6.45) is 16.0. The average Bonchev–Trinajstić information content (AvgIpc) is 1.55. The first-order valence-corrected chi connectivity index (χ1v) is 45.8. The number of amides is 16. The van der Waals surface area contributed by atoms with E-state index < -0.39 is 220 Å². The normalized spacial score (nSPS) is 29.2. The van der Waals surface area contributed by atoms with Gasteiger partial charge in [0.15, 0.2) is 0 Å². The molecule has 1 N–H and O–H groups in total. The maximum Gasteiger partial charge on any atom is 0.343 e. The van der Waals surface area contributed by atoms with Crippen LogP contribution in [0.4, 0.5) is 45.5 Å². The average molecular weight is 1760 g/mol. The fourth-order valence-corrected chi connectivity index (χ4v) is 24.2. The number of imide groups is 8. The highest BCUT2D eigenvalue weighted by Crippen LogP contribution is 2.59. The van der Waals surface area contributed by atoms with Crippen LogP contribution in [-0.2, 0) is 86.2 Å². The molecule has 5 saturated carbocycles. The van der Waals surface area contributed by atoms with Crippen molar-refractivity contribution < 1.29 is 105 Å². The van der Waals surface area contributed by atoms with E-state index in [2.05, 4.69) is 19.2 Å². The SMILES string of the molecule is CCCCCCCCCCOC(=O)c1cc(N2C(=O)C3CC(C2=O)C2C(=O)N(c4cc(NC)cc(C(=O)OC)c4)C(=O)CC32)cc(N2C(=O)CC3C4CC(C(=O)N(c5ccc(N6C(=O)CC7C8CC(C(=O)N(c9cc(C(=O)Oc%10ccc(C%11CCC(CCCCCC)CC%11)cc%10)cc(N%10C(=O)CC%11C%12CC(C(=O)N(C)C%12=O)C%11C%10=O)c9)C8=O)C7C6=O)cc5)C4=O)C3C2=O)c1. The van der Waals surface area contributed by atoms with E-state index >= 15 is 33.6 Å². The van der Waals surface area contributed by atoms with Crippen LogP contribution in [0.5, 0.6) is 5.75 Å². The molecule has 18 rings (SSSR count). The van der Waals surface area contributed by atoms with Crippen molar-refractivity contribution in [2.24, 2.45) is 101 Å². The van der Waals surface area contributed by atoms with Gasteiger partial charge in [-0.2, -0.15) is 0 Å². The Morgan fingerprint density at radius 1 is 0.349 bits per heavy atom. The second-order valence-corrected chi connectivity index (χ2v) is 37.5. The first kappa shape index (κ1) is 87.1. The standard InChI is InChI=1S/C98H103N9O22/c1-6-8-10-12-13-14-15-17-31-128-97(125)53-34-59(39-61(35-53)106-87(115)71-44-75(91(106)119)83-67(71)47-77(109)102(94(83)122)58-33-52(96(124)127-5)32-55(38-58)99-3)103-79(111)48-66-69-42-73(82(66)95(103)123)89(117)105(86(69)114)57-27-25-56(26-28-57)101-76(108)46-65-70-43-74(81(65)92(101)120)90(118)107(88(70)116)62-37-54(98(126)129-63-29-23-51(24-30-63)50-21-19-49(20-22-50)18-16-11-9-7-2)36-60(40-62)104-78(110)45-64-68-41-72(80(64)93(104)121)85(113)100(4)84(68)112/h23-30,32-40,49-50,64-75,80-83,99H,6-22,31,41-48H2,1-5H3. The minimum atomic E-state index is -1.32. The van der Waals surface area contributed by atoms with Crippen molar-refractivity contribution in [3.05, 3.63) is 125 Å². The number of esters is 3. The van der Waals surface area contributed by atoms with Crippen LogP contribution in [0.2, 0.25) is 0 Å². The Balaban J connectivity index is 0.588. The van der Waals surface area contributed by atoms with E-state index in [-0.39, 0.29) is 107 Å². The molecule has 8 saturated heterocycles. The van der Waals surface area contributed by atoms with E-state index in [1.54, 1.807) is 19.2 Å². The molecule has 0 radical (unpaired) electrons. The van der Waals surface area contributed by atoms with Crippen molar-refractivity contribution in [2.75, 3.05) is 67.4 Å². The number of benzene rings is 5. The third kappa shape index (κ3) is 15.0. The smallest absolute Gasteiger partial charge is 0.343 e. The Kier molecular flexibility index (Phi) is 23.5. The largest absolute Gasteiger partial charge is 0.465 e. The number of carbonyl (C=O) groups excluding carboxylic acids is 19. The minimum Gasteiger partial charge on any atom is -0.465 e. The van der Waals surface area contributed by atoms with E-state index in [4.69, 9.17) is 14.2 Å². The quantitative estimate of drug-likeness (QED) is 0.0221. The van der Waals surface area contributed by atoms with Gasteiger partial charge in [-0.1, -0.05) is 103 Å². The second-order valence-electron chi connectivity index (χ2n) is 37.5. The lowest BCUT2D eigenvalue weighted by molar-refractivity contribution is -0.152. The number of likely N-dealkylation sites (tertiary alicyclic amines) is 1.